The lowest BCUT2D eigenvalue weighted by Crippen LogP contribution is -2.54. The van der Waals surface area contributed by atoms with Gasteiger partial charge in [-0.25, -0.2) is 0 Å². The summed E-state index contributed by atoms with van der Waals surface area (Å²) < 4.78 is 5.71. The van der Waals surface area contributed by atoms with Crippen molar-refractivity contribution in [3.8, 4) is 5.75 Å². The van der Waals surface area contributed by atoms with E-state index in [9.17, 15) is 9.59 Å². The van der Waals surface area contributed by atoms with Crippen molar-refractivity contribution in [2.45, 2.75) is 12.8 Å². The number of para-hydroxylation sites is 2. The highest BCUT2D eigenvalue weighted by atomic mass is 16.5. The fourth-order valence-electron chi connectivity index (χ4n) is 2.36. The van der Waals surface area contributed by atoms with Gasteiger partial charge < -0.3 is 10.1 Å². The first-order chi connectivity index (χ1) is 8.70. The van der Waals surface area contributed by atoms with Crippen LogP contribution in [-0.2, 0) is 9.59 Å². The SMILES string of the molecule is O=C1CCC2(CNc3ccccc3OC2)C(=O)N1. The molecule has 1 atom stereocenters. The van der Waals surface area contributed by atoms with Gasteiger partial charge in [0.1, 0.15) is 17.8 Å². The number of piperidine rings is 1. The highest BCUT2D eigenvalue weighted by Gasteiger charge is 2.44. The molecule has 2 aliphatic heterocycles. The molecule has 0 bridgehead atoms. The van der Waals surface area contributed by atoms with Crippen LogP contribution in [0.4, 0.5) is 5.69 Å². The van der Waals surface area contributed by atoms with Gasteiger partial charge in [0.05, 0.1) is 5.69 Å². The average Bonchev–Trinajstić information content (AvgIpc) is 2.56. The first-order valence-electron chi connectivity index (χ1n) is 6.00. The number of ether oxygens (including phenoxy) is 1. The van der Waals surface area contributed by atoms with Crippen LogP contribution < -0.4 is 15.4 Å². The number of hydrogen-bond acceptors (Lipinski definition) is 4. The zero-order valence-corrected chi connectivity index (χ0v) is 9.86. The van der Waals surface area contributed by atoms with Crippen molar-refractivity contribution >= 4 is 17.5 Å². The maximum absolute atomic E-state index is 12.0. The van der Waals surface area contributed by atoms with Crippen LogP contribution in [0.15, 0.2) is 24.3 Å². The summed E-state index contributed by atoms with van der Waals surface area (Å²) in [5.74, 6) is 0.311. The maximum Gasteiger partial charge on any atom is 0.238 e. The number of anilines is 1. The van der Waals surface area contributed by atoms with E-state index in [1.165, 1.54) is 0 Å². The van der Waals surface area contributed by atoms with Gasteiger partial charge in [0, 0.05) is 13.0 Å². The van der Waals surface area contributed by atoms with Crippen molar-refractivity contribution in [1.29, 1.82) is 0 Å². The van der Waals surface area contributed by atoms with Gasteiger partial charge in [0.2, 0.25) is 11.8 Å². The van der Waals surface area contributed by atoms with Crippen molar-refractivity contribution < 1.29 is 14.3 Å². The lowest BCUT2D eigenvalue weighted by atomic mass is 9.80. The van der Waals surface area contributed by atoms with Crippen molar-refractivity contribution in [2.24, 2.45) is 5.41 Å². The minimum atomic E-state index is -0.646. The second-order valence-corrected chi connectivity index (χ2v) is 4.80. The van der Waals surface area contributed by atoms with Crippen LogP contribution in [0, 0.1) is 5.41 Å². The van der Waals surface area contributed by atoms with Crippen LogP contribution in [-0.4, -0.2) is 25.0 Å². The maximum atomic E-state index is 12.0. The number of fused-ring (bicyclic) bond motifs is 1. The molecule has 0 aromatic heterocycles. The third-order valence-corrected chi connectivity index (χ3v) is 3.57. The Morgan fingerprint density at radius 2 is 2.06 bits per heavy atom. The molecule has 2 aliphatic rings. The summed E-state index contributed by atoms with van der Waals surface area (Å²) in [7, 11) is 0. The molecule has 1 spiro atoms. The molecule has 18 heavy (non-hydrogen) atoms. The molecule has 1 unspecified atom stereocenters. The standard InChI is InChI=1S/C13H14N2O3/c16-11-5-6-13(12(17)15-11)7-14-9-3-1-2-4-10(9)18-8-13/h1-4,14H,5-8H2,(H,15,16,17). The van der Waals surface area contributed by atoms with Crippen LogP contribution in [0.25, 0.3) is 0 Å². The van der Waals surface area contributed by atoms with Crippen LogP contribution in [0.5, 0.6) is 5.75 Å². The average molecular weight is 246 g/mol. The third kappa shape index (κ3) is 1.72. The quantitative estimate of drug-likeness (QED) is 0.668. The Bertz CT molecular complexity index is 486. The zero-order valence-electron chi connectivity index (χ0n) is 9.86. The first-order valence-corrected chi connectivity index (χ1v) is 6.00. The van der Waals surface area contributed by atoms with Crippen LogP contribution in [0.2, 0.25) is 0 Å². The minimum absolute atomic E-state index is 0.201. The molecule has 94 valence electrons. The van der Waals surface area contributed by atoms with E-state index in [-0.39, 0.29) is 11.8 Å². The Hall–Kier alpha value is -2.04. The van der Waals surface area contributed by atoms with Gasteiger partial charge in [-0.1, -0.05) is 12.1 Å². The largest absolute Gasteiger partial charge is 0.490 e. The highest BCUT2D eigenvalue weighted by Crippen LogP contribution is 2.35. The Balaban J connectivity index is 1.86. The van der Waals surface area contributed by atoms with Crippen LogP contribution >= 0.6 is 0 Å². The second kappa shape index (κ2) is 4.01. The number of rotatable bonds is 0. The molecular formula is C13H14N2O3. The predicted octanol–water partition coefficient (Wildman–Crippen LogP) is 0.914. The number of imide groups is 1. The number of nitrogens with one attached hydrogen (secondary N) is 2. The zero-order chi connectivity index (χ0) is 12.6. The number of carbonyl (C=O) groups excluding carboxylic acids is 2. The van der Waals surface area contributed by atoms with Crippen molar-refractivity contribution in [2.75, 3.05) is 18.5 Å². The molecule has 1 saturated heterocycles. The number of benzene rings is 1. The molecule has 5 nitrogen and oxygen atoms in total. The summed E-state index contributed by atoms with van der Waals surface area (Å²) in [6.07, 6.45) is 0.895. The van der Waals surface area contributed by atoms with E-state index in [2.05, 4.69) is 10.6 Å². The number of hydrogen-bond donors (Lipinski definition) is 2. The Labute approximate surface area is 105 Å². The smallest absolute Gasteiger partial charge is 0.238 e. The fraction of sp³-hybridized carbons (Fsp3) is 0.385. The fourth-order valence-corrected chi connectivity index (χ4v) is 2.36. The van der Waals surface area contributed by atoms with Crippen LogP contribution in [0.1, 0.15) is 12.8 Å². The van der Waals surface area contributed by atoms with E-state index in [0.29, 0.717) is 26.0 Å². The molecule has 5 heteroatoms. The van der Waals surface area contributed by atoms with Gasteiger partial charge in [-0.3, -0.25) is 14.9 Å². The normalized spacial score (nSPS) is 26.7. The van der Waals surface area contributed by atoms with Gasteiger partial charge in [-0.05, 0) is 18.6 Å². The molecule has 1 aromatic rings. The molecule has 0 aliphatic carbocycles. The van der Waals surface area contributed by atoms with Gasteiger partial charge in [0.25, 0.3) is 0 Å². The van der Waals surface area contributed by atoms with E-state index in [1.54, 1.807) is 0 Å². The monoisotopic (exact) mass is 246 g/mol. The summed E-state index contributed by atoms with van der Waals surface area (Å²) in [5.41, 5.74) is 0.242. The first kappa shape index (κ1) is 11.1. The molecule has 1 fully saturated rings. The summed E-state index contributed by atoms with van der Waals surface area (Å²) in [5, 5.41) is 5.63. The minimum Gasteiger partial charge on any atom is -0.490 e. The highest BCUT2D eigenvalue weighted by molar-refractivity contribution is 6.01. The Morgan fingerprint density at radius 1 is 1.22 bits per heavy atom. The lowest BCUT2D eigenvalue weighted by molar-refractivity contribution is -0.142. The summed E-state index contributed by atoms with van der Waals surface area (Å²) in [6, 6.07) is 7.59. The number of amides is 2. The van der Waals surface area contributed by atoms with Crippen molar-refractivity contribution in [1.82, 2.24) is 5.32 Å². The molecule has 0 saturated carbocycles. The van der Waals surface area contributed by atoms with Crippen molar-refractivity contribution in [3.63, 3.8) is 0 Å². The van der Waals surface area contributed by atoms with E-state index in [1.807, 2.05) is 24.3 Å². The van der Waals surface area contributed by atoms with Gasteiger partial charge in [0.15, 0.2) is 0 Å². The van der Waals surface area contributed by atoms with Gasteiger partial charge in [-0.2, -0.15) is 0 Å². The van der Waals surface area contributed by atoms with E-state index < -0.39 is 5.41 Å². The second-order valence-electron chi connectivity index (χ2n) is 4.80. The Kier molecular flexibility index (Phi) is 2.47. The summed E-state index contributed by atoms with van der Waals surface area (Å²) in [4.78, 5) is 23.2. The van der Waals surface area contributed by atoms with E-state index >= 15 is 0 Å². The lowest BCUT2D eigenvalue weighted by Gasteiger charge is -2.33. The third-order valence-electron chi connectivity index (χ3n) is 3.57. The molecule has 1 aromatic carbocycles. The topological polar surface area (TPSA) is 67.4 Å². The van der Waals surface area contributed by atoms with Gasteiger partial charge >= 0.3 is 0 Å². The van der Waals surface area contributed by atoms with Crippen molar-refractivity contribution in [3.05, 3.63) is 24.3 Å². The molecule has 2 heterocycles. The predicted molar refractivity (Wildman–Crippen MR) is 65.2 cm³/mol. The van der Waals surface area contributed by atoms with E-state index in [0.717, 1.165) is 11.4 Å². The number of carbonyl (C=O) groups is 2. The molecule has 2 N–H and O–H groups in total. The molecule has 0 radical (unpaired) electrons. The molecule has 2 amide bonds. The van der Waals surface area contributed by atoms with Gasteiger partial charge in [-0.15, -0.1) is 0 Å². The molecular weight excluding hydrogens is 232 g/mol. The Morgan fingerprint density at radius 3 is 2.89 bits per heavy atom. The summed E-state index contributed by atoms with van der Waals surface area (Å²) >= 11 is 0. The molecule has 3 rings (SSSR count). The van der Waals surface area contributed by atoms with E-state index in [4.69, 9.17) is 4.74 Å². The van der Waals surface area contributed by atoms with Crippen LogP contribution in [0.3, 0.4) is 0 Å². The summed E-state index contributed by atoms with van der Waals surface area (Å²) in [6.45, 7) is 0.791.